The first-order valence-corrected chi connectivity index (χ1v) is 7.67. The van der Waals surface area contributed by atoms with E-state index in [4.69, 9.17) is 0 Å². The molecular formula is C15H28N4. The monoisotopic (exact) mass is 264 g/mol. The van der Waals surface area contributed by atoms with Crippen LogP contribution in [0, 0.1) is 0 Å². The van der Waals surface area contributed by atoms with Crippen LogP contribution in [0.25, 0.3) is 0 Å². The van der Waals surface area contributed by atoms with E-state index in [0.717, 1.165) is 13.0 Å². The number of nitrogens with zero attached hydrogens (tertiary/aromatic N) is 2. The Morgan fingerprint density at radius 3 is 3.05 bits per heavy atom. The van der Waals surface area contributed by atoms with Crippen molar-refractivity contribution in [2.24, 2.45) is 7.05 Å². The molecule has 1 fully saturated rings. The molecule has 0 spiro atoms. The molecule has 108 valence electrons. The minimum Gasteiger partial charge on any atom is -0.314 e. The smallest absolute Gasteiger partial charge is 0.0666 e. The third-order valence-corrected chi connectivity index (χ3v) is 4.02. The van der Waals surface area contributed by atoms with Gasteiger partial charge >= 0.3 is 0 Å². The van der Waals surface area contributed by atoms with Crippen LogP contribution in [0.3, 0.4) is 0 Å². The second kappa shape index (κ2) is 7.06. The van der Waals surface area contributed by atoms with Gasteiger partial charge in [0, 0.05) is 37.4 Å². The Morgan fingerprint density at radius 2 is 2.37 bits per heavy atom. The molecule has 0 aromatic carbocycles. The van der Waals surface area contributed by atoms with Crippen LogP contribution in [-0.4, -0.2) is 28.4 Å². The van der Waals surface area contributed by atoms with Crippen molar-refractivity contribution in [3.63, 3.8) is 0 Å². The maximum atomic E-state index is 4.49. The fourth-order valence-corrected chi connectivity index (χ4v) is 2.95. The summed E-state index contributed by atoms with van der Waals surface area (Å²) in [4.78, 5) is 0. The van der Waals surface area contributed by atoms with E-state index in [1.165, 1.54) is 43.5 Å². The molecule has 0 amide bonds. The van der Waals surface area contributed by atoms with Crippen molar-refractivity contribution >= 4 is 0 Å². The molecule has 1 saturated heterocycles. The Labute approximate surface area is 117 Å². The van der Waals surface area contributed by atoms with Crippen LogP contribution in [-0.2, 0) is 20.0 Å². The van der Waals surface area contributed by atoms with Gasteiger partial charge in [0.1, 0.15) is 0 Å². The van der Waals surface area contributed by atoms with Crippen LogP contribution in [0.2, 0.25) is 0 Å². The Bertz CT molecular complexity index is 379. The molecule has 4 nitrogen and oxygen atoms in total. The van der Waals surface area contributed by atoms with Crippen LogP contribution < -0.4 is 10.6 Å². The number of hydrogen-bond acceptors (Lipinski definition) is 3. The maximum Gasteiger partial charge on any atom is 0.0666 e. The van der Waals surface area contributed by atoms with Gasteiger partial charge in [-0.25, -0.2) is 0 Å². The first-order chi connectivity index (χ1) is 9.19. The SMILES string of the molecule is CCc1nn(C)cc1CNC(C)CC1CCCCN1. The Morgan fingerprint density at radius 1 is 1.53 bits per heavy atom. The van der Waals surface area contributed by atoms with Crippen molar-refractivity contribution in [2.45, 2.75) is 64.6 Å². The van der Waals surface area contributed by atoms with Crippen molar-refractivity contribution in [2.75, 3.05) is 6.54 Å². The van der Waals surface area contributed by atoms with Gasteiger partial charge in [0.05, 0.1) is 5.69 Å². The summed E-state index contributed by atoms with van der Waals surface area (Å²) < 4.78 is 1.92. The Balaban J connectivity index is 1.77. The van der Waals surface area contributed by atoms with E-state index >= 15 is 0 Å². The molecule has 0 aliphatic carbocycles. The zero-order chi connectivity index (χ0) is 13.7. The van der Waals surface area contributed by atoms with Crippen molar-refractivity contribution < 1.29 is 0 Å². The van der Waals surface area contributed by atoms with Gasteiger partial charge in [-0.2, -0.15) is 5.10 Å². The number of hydrogen-bond donors (Lipinski definition) is 2. The average molecular weight is 264 g/mol. The molecule has 2 N–H and O–H groups in total. The number of nitrogens with one attached hydrogen (secondary N) is 2. The Hall–Kier alpha value is -0.870. The number of piperidine rings is 1. The summed E-state index contributed by atoms with van der Waals surface area (Å²) in [5, 5.41) is 11.7. The largest absolute Gasteiger partial charge is 0.314 e. The predicted molar refractivity (Wildman–Crippen MR) is 79.1 cm³/mol. The fourth-order valence-electron chi connectivity index (χ4n) is 2.95. The van der Waals surface area contributed by atoms with E-state index in [1.54, 1.807) is 0 Å². The second-order valence-corrected chi connectivity index (χ2v) is 5.79. The molecule has 2 heterocycles. The van der Waals surface area contributed by atoms with Crippen LogP contribution >= 0.6 is 0 Å². The quantitative estimate of drug-likeness (QED) is 0.826. The van der Waals surface area contributed by atoms with E-state index < -0.39 is 0 Å². The van der Waals surface area contributed by atoms with Crippen molar-refractivity contribution in [3.8, 4) is 0 Å². The molecular weight excluding hydrogens is 236 g/mol. The molecule has 2 unspecified atom stereocenters. The van der Waals surface area contributed by atoms with Crippen molar-refractivity contribution in [1.82, 2.24) is 20.4 Å². The molecule has 2 rings (SSSR count). The zero-order valence-corrected chi connectivity index (χ0v) is 12.6. The molecule has 0 saturated carbocycles. The van der Waals surface area contributed by atoms with Gasteiger partial charge in [0.2, 0.25) is 0 Å². The summed E-state index contributed by atoms with van der Waals surface area (Å²) in [6.07, 6.45) is 8.43. The molecule has 1 aliphatic rings. The second-order valence-electron chi connectivity index (χ2n) is 5.79. The summed E-state index contributed by atoms with van der Waals surface area (Å²) in [5.74, 6) is 0. The van der Waals surface area contributed by atoms with Gasteiger partial charge in [-0.05, 0) is 39.2 Å². The van der Waals surface area contributed by atoms with Crippen LogP contribution in [0.1, 0.15) is 50.8 Å². The van der Waals surface area contributed by atoms with Gasteiger partial charge in [-0.3, -0.25) is 4.68 Å². The van der Waals surface area contributed by atoms with E-state index in [2.05, 4.69) is 35.8 Å². The minimum atomic E-state index is 0.556. The van der Waals surface area contributed by atoms with E-state index in [9.17, 15) is 0 Å². The molecule has 2 atom stereocenters. The van der Waals surface area contributed by atoms with E-state index in [-0.39, 0.29) is 0 Å². The lowest BCUT2D eigenvalue weighted by Crippen LogP contribution is -2.39. The highest BCUT2D eigenvalue weighted by atomic mass is 15.3. The molecule has 19 heavy (non-hydrogen) atoms. The van der Waals surface area contributed by atoms with Gasteiger partial charge < -0.3 is 10.6 Å². The third-order valence-electron chi connectivity index (χ3n) is 4.02. The zero-order valence-electron chi connectivity index (χ0n) is 12.6. The summed E-state index contributed by atoms with van der Waals surface area (Å²) in [7, 11) is 2.00. The van der Waals surface area contributed by atoms with Crippen LogP contribution in [0.4, 0.5) is 0 Å². The number of rotatable bonds is 6. The first kappa shape index (κ1) is 14.5. The van der Waals surface area contributed by atoms with Gasteiger partial charge in [-0.15, -0.1) is 0 Å². The van der Waals surface area contributed by atoms with Gasteiger partial charge in [0.25, 0.3) is 0 Å². The first-order valence-electron chi connectivity index (χ1n) is 7.67. The average Bonchev–Trinajstić information content (AvgIpc) is 2.78. The van der Waals surface area contributed by atoms with E-state index in [1.807, 2.05) is 11.7 Å². The highest BCUT2D eigenvalue weighted by molar-refractivity contribution is 5.16. The van der Waals surface area contributed by atoms with Crippen molar-refractivity contribution in [3.05, 3.63) is 17.5 Å². The molecule has 0 bridgehead atoms. The molecule has 0 radical (unpaired) electrons. The predicted octanol–water partition coefficient (Wildman–Crippen LogP) is 1.99. The molecule has 4 heteroatoms. The number of aryl methyl sites for hydroxylation is 2. The molecule has 1 aliphatic heterocycles. The molecule has 1 aromatic rings. The normalized spacial score (nSPS) is 21.5. The summed E-state index contributed by atoms with van der Waals surface area (Å²) in [5.41, 5.74) is 2.56. The summed E-state index contributed by atoms with van der Waals surface area (Å²) in [6.45, 7) is 6.59. The topological polar surface area (TPSA) is 41.9 Å². The Kier molecular flexibility index (Phi) is 5.40. The lowest BCUT2D eigenvalue weighted by molar-refractivity contribution is 0.344. The maximum absolute atomic E-state index is 4.49. The highest BCUT2D eigenvalue weighted by Crippen LogP contribution is 2.13. The number of aromatic nitrogens is 2. The lowest BCUT2D eigenvalue weighted by atomic mass is 9.99. The lowest BCUT2D eigenvalue weighted by Gasteiger charge is -2.26. The summed E-state index contributed by atoms with van der Waals surface area (Å²) in [6, 6.07) is 1.26. The van der Waals surface area contributed by atoms with E-state index in [0.29, 0.717) is 12.1 Å². The standard InChI is InChI=1S/C15H28N4/c1-4-15-13(11-19(3)18-15)10-17-12(2)9-14-7-5-6-8-16-14/h11-12,14,16-17H,4-10H2,1-3H3. The highest BCUT2D eigenvalue weighted by Gasteiger charge is 2.16. The summed E-state index contributed by atoms with van der Waals surface area (Å²) >= 11 is 0. The minimum absolute atomic E-state index is 0.556. The fraction of sp³-hybridized carbons (Fsp3) is 0.800. The molecule has 1 aromatic heterocycles. The van der Waals surface area contributed by atoms with Crippen LogP contribution in [0.5, 0.6) is 0 Å². The van der Waals surface area contributed by atoms with Crippen molar-refractivity contribution in [1.29, 1.82) is 0 Å². The van der Waals surface area contributed by atoms with Gasteiger partial charge in [0.15, 0.2) is 0 Å². The van der Waals surface area contributed by atoms with Gasteiger partial charge in [-0.1, -0.05) is 13.3 Å². The van der Waals surface area contributed by atoms with Crippen LogP contribution in [0.15, 0.2) is 6.20 Å². The third kappa shape index (κ3) is 4.32.